The van der Waals surface area contributed by atoms with Crippen molar-refractivity contribution in [3.8, 4) is 11.3 Å². The van der Waals surface area contributed by atoms with Crippen LogP contribution in [0.1, 0.15) is 40.5 Å². The molecule has 2 bridgehead atoms. The van der Waals surface area contributed by atoms with E-state index in [1.807, 2.05) is 11.4 Å². The number of hydrogen-bond acceptors (Lipinski definition) is 4. The van der Waals surface area contributed by atoms with Crippen LogP contribution in [0, 0.1) is 0 Å². The summed E-state index contributed by atoms with van der Waals surface area (Å²) in [6, 6.07) is 6.95. The highest BCUT2D eigenvalue weighted by Crippen LogP contribution is 2.45. The van der Waals surface area contributed by atoms with Gasteiger partial charge in [0.05, 0.1) is 28.5 Å². The predicted molar refractivity (Wildman–Crippen MR) is 79.8 cm³/mol. The van der Waals surface area contributed by atoms with E-state index in [9.17, 15) is 4.79 Å². The Morgan fingerprint density at radius 2 is 2.29 bits per heavy atom. The molecule has 1 aromatic carbocycles. The van der Waals surface area contributed by atoms with Crippen molar-refractivity contribution in [1.82, 2.24) is 4.98 Å². The summed E-state index contributed by atoms with van der Waals surface area (Å²) in [6.07, 6.45) is 4.15. The van der Waals surface area contributed by atoms with E-state index in [2.05, 4.69) is 0 Å². The van der Waals surface area contributed by atoms with Crippen LogP contribution in [0.2, 0.25) is 0 Å². The molecule has 2 aliphatic rings. The molecule has 2 fully saturated rings. The second kappa shape index (κ2) is 4.93. The fraction of sp³-hybridized carbons (Fsp3) is 0.375. The average Bonchev–Trinajstić information content (AvgIpc) is 3.23. The Labute approximate surface area is 126 Å². The molecule has 21 heavy (non-hydrogen) atoms. The van der Waals surface area contributed by atoms with E-state index in [-0.39, 0.29) is 0 Å². The molecule has 2 aromatic rings. The summed E-state index contributed by atoms with van der Waals surface area (Å²) in [6.45, 7) is 0. The monoisotopic (exact) mass is 301 g/mol. The minimum absolute atomic E-state index is 0.297. The van der Waals surface area contributed by atoms with Gasteiger partial charge in [0.15, 0.2) is 0 Å². The van der Waals surface area contributed by atoms with E-state index in [4.69, 9.17) is 14.8 Å². The van der Waals surface area contributed by atoms with Crippen LogP contribution in [-0.4, -0.2) is 28.3 Å². The molecule has 1 aromatic heterocycles. The minimum Gasteiger partial charge on any atom is -0.478 e. The number of nitrogens with zero attached hydrogens (tertiary/aromatic N) is 1. The quantitative estimate of drug-likeness (QED) is 0.942. The van der Waals surface area contributed by atoms with Gasteiger partial charge in [0, 0.05) is 16.9 Å². The van der Waals surface area contributed by atoms with Gasteiger partial charge in [0.2, 0.25) is 0 Å². The van der Waals surface area contributed by atoms with Gasteiger partial charge in [-0.05, 0) is 31.4 Å². The summed E-state index contributed by atoms with van der Waals surface area (Å²) in [7, 11) is 0. The third-order valence-electron chi connectivity index (χ3n) is 4.35. The van der Waals surface area contributed by atoms with E-state index >= 15 is 0 Å². The molecule has 4 rings (SSSR count). The summed E-state index contributed by atoms with van der Waals surface area (Å²) < 4.78 is 5.89. The fourth-order valence-electron chi connectivity index (χ4n) is 3.30. The van der Waals surface area contributed by atoms with E-state index < -0.39 is 5.97 Å². The summed E-state index contributed by atoms with van der Waals surface area (Å²) in [5.41, 5.74) is 2.02. The first-order valence-electron chi connectivity index (χ1n) is 7.15. The lowest BCUT2D eigenvalue weighted by atomic mass is 9.90. The van der Waals surface area contributed by atoms with Crippen molar-refractivity contribution in [1.29, 1.82) is 0 Å². The van der Waals surface area contributed by atoms with Crippen molar-refractivity contribution in [2.75, 3.05) is 0 Å². The van der Waals surface area contributed by atoms with Crippen molar-refractivity contribution in [3.05, 3.63) is 40.2 Å². The lowest BCUT2D eigenvalue weighted by molar-refractivity contribution is 0.0697. The molecule has 108 valence electrons. The first-order valence-corrected chi connectivity index (χ1v) is 8.03. The van der Waals surface area contributed by atoms with Crippen LogP contribution >= 0.6 is 11.3 Å². The number of carboxylic acids is 1. The topological polar surface area (TPSA) is 59.4 Å². The summed E-state index contributed by atoms with van der Waals surface area (Å²) in [4.78, 5) is 15.8. The van der Waals surface area contributed by atoms with Gasteiger partial charge in [-0.3, -0.25) is 0 Å². The number of benzene rings is 1. The van der Waals surface area contributed by atoms with Gasteiger partial charge >= 0.3 is 5.97 Å². The number of hydrogen-bond donors (Lipinski definition) is 1. The first kappa shape index (κ1) is 13.0. The third kappa shape index (κ3) is 2.26. The third-order valence-corrected chi connectivity index (χ3v) is 5.33. The molecule has 2 aliphatic heterocycles. The Morgan fingerprint density at radius 1 is 1.38 bits per heavy atom. The maximum atomic E-state index is 11.1. The molecule has 0 spiro atoms. The largest absolute Gasteiger partial charge is 0.478 e. The number of thiazole rings is 1. The molecule has 3 heterocycles. The smallest absolute Gasteiger partial charge is 0.335 e. The van der Waals surface area contributed by atoms with Crippen LogP contribution in [-0.2, 0) is 4.74 Å². The van der Waals surface area contributed by atoms with Crippen molar-refractivity contribution in [3.63, 3.8) is 0 Å². The van der Waals surface area contributed by atoms with Gasteiger partial charge in [-0.2, -0.15) is 0 Å². The molecule has 5 heteroatoms. The highest BCUT2D eigenvalue weighted by Gasteiger charge is 2.42. The zero-order valence-electron chi connectivity index (χ0n) is 11.4. The number of carboxylic acid groups (broad SMARTS) is 1. The normalized spacial score (nSPS) is 27.1. The molecular formula is C16H15NO3S. The number of ether oxygens (including phenoxy) is 1. The van der Waals surface area contributed by atoms with Gasteiger partial charge in [-0.15, -0.1) is 11.3 Å². The highest BCUT2D eigenvalue weighted by molar-refractivity contribution is 7.10. The number of fused-ring (bicyclic) bond motifs is 2. The number of aromatic carboxylic acids is 1. The fourth-order valence-corrected chi connectivity index (χ4v) is 4.29. The minimum atomic E-state index is -0.909. The molecule has 0 aliphatic carbocycles. The van der Waals surface area contributed by atoms with E-state index in [1.54, 1.807) is 29.5 Å². The number of aromatic nitrogens is 1. The lowest BCUT2D eigenvalue weighted by Gasteiger charge is -2.15. The Hall–Kier alpha value is -1.72. The number of rotatable bonds is 3. The molecule has 4 nitrogen and oxygen atoms in total. The highest BCUT2D eigenvalue weighted by atomic mass is 32.1. The van der Waals surface area contributed by atoms with Crippen molar-refractivity contribution >= 4 is 17.3 Å². The van der Waals surface area contributed by atoms with Crippen molar-refractivity contribution in [2.45, 2.75) is 37.4 Å². The molecule has 0 amide bonds. The molecule has 2 saturated heterocycles. The second-order valence-corrected chi connectivity index (χ2v) is 6.56. The van der Waals surface area contributed by atoms with Gasteiger partial charge in [0.25, 0.3) is 0 Å². The summed E-state index contributed by atoms with van der Waals surface area (Å²) in [5, 5.41) is 12.2. The Morgan fingerprint density at radius 3 is 3.00 bits per heavy atom. The van der Waals surface area contributed by atoms with E-state index in [1.165, 1.54) is 6.42 Å². The first-order chi connectivity index (χ1) is 10.2. The molecule has 0 saturated carbocycles. The Bertz CT molecular complexity index is 696. The Balaban J connectivity index is 1.62. The summed E-state index contributed by atoms with van der Waals surface area (Å²) in [5.74, 6) is -0.487. The van der Waals surface area contributed by atoms with Crippen LogP contribution < -0.4 is 0 Å². The van der Waals surface area contributed by atoms with Gasteiger partial charge in [-0.1, -0.05) is 12.1 Å². The van der Waals surface area contributed by atoms with Gasteiger partial charge in [0.1, 0.15) is 0 Å². The maximum absolute atomic E-state index is 11.1. The standard InChI is InChI=1S/C16H15NO3S/c18-16(19)10-3-1-2-9(6-10)13-8-21-15(17-13)12-7-11-4-5-14(12)20-11/h1-3,6,8,11-12,14H,4-5,7H2,(H,18,19). The van der Waals surface area contributed by atoms with E-state index in [0.717, 1.165) is 29.1 Å². The number of carbonyl (C=O) groups is 1. The van der Waals surface area contributed by atoms with Gasteiger partial charge < -0.3 is 9.84 Å². The van der Waals surface area contributed by atoms with Crippen LogP contribution in [0.4, 0.5) is 0 Å². The van der Waals surface area contributed by atoms with Crippen molar-refractivity contribution < 1.29 is 14.6 Å². The maximum Gasteiger partial charge on any atom is 0.335 e. The molecule has 3 unspecified atom stereocenters. The zero-order valence-corrected chi connectivity index (χ0v) is 12.2. The summed E-state index contributed by atoms with van der Waals surface area (Å²) >= 11 is 1.66. The second-order valence-electron chi connectivity index (χ2n) is 5.67. The van der Waals surface area contributed by atoms with Crippen LogP contribution in [0.5, 0.6) is 0 Å². The molecule has 0 radical (unpaired) electrons. The van der Waals surface area contributed by atoms with Gasteiger partial charge in [-0.25, -0.2) is 9.78 Å². The zero-order chi connectivity index (χ0) is 14.4. The molecule has 3 atom stereocenters. The lowest BCUT2D eigenvalue weighted by Crippen LogP contribution is -2.13. The predicted octanol–water partition coefficient (Wildman–Crippen LogP) is 3.54. The SMILES string of the molecule is O=C(O)c1cccc(-c2csc(C3CC4CCC3O4)n2)c1. The van der Waals surface area contributed by atoms with Crippen LogP contribution in [0.15, 0.2) is 29.6 Å². The Kier molecular flexibility index (Phi) is 3.05. The average molecular weight is 301 g/mol. The molecule has 1 N–H and O–H groups in total. The van der Waals surface area contributed by atoms with Crippen LogP contribution in [0.25, 0.3) is 11.3 Å². The van der Waals surface area contributed by atoms with Crippen LogP contribution in [0.3, 0.4) is 0 Å². The van der Waals surface area contributed by atoms with Crippen molar-refractivity contribution in [2.24, 2.45) is 0 Å². The molecular weight excluding hydrogens is 286 g/mol. The van der Waals surface area contributed by atoms with E-state index in [0.29, 0.717) is 23.7 Å².